The van der Waals surface area contributed by atoms with E-state index in [0.717, 1.165) is 24.6 Å². The van der Waals surface area contributed by atoms with Gasteiger partial charge >= 0.3 is 6.18 Å². The summed E-state index contributed by atoms with van der Waals surface area (Å²) in [5.41, 5.74) is -1.02. The predicted octanol–water partition coefficient (Wildman–Crippen LogP) is 3.76. The van der Waals surface area contributed by atoms with Gasteiger partial charge in [0.15, 0.2) is 14.9 Å². The minimum atomic E-state index is -4.69. The van der Waals surface area contributed by atoms with Crippen LogP contribution in [0.15, 0.2) is 41.6 Å². The summed E-state index contributed by atoms with van der Waals surface area (Å²) in [5, 5.41) is 2.59. The summed E-state index contributed by atoms with van der Waals surface area (Å²) in [6.45, 7) is 2.14. The van der Waals surface area contributed by atoms with Crippen LogP contribution < -0.4 is 5.32 Å². The highest BCUT2D eigenvalue weighted by atomic mass is 32.2. The van der Waals surface area contributed by atoms with Crippen molar-refractivity contribution in [3.8, 4) is 0 Å². The van der Waals surface area contributed by atoms with Gasteiger partial charge in [0.25, 0.3) is 5.91 Å². The van der Waals surface area contributed by atoms with Gasteiger partial charge in [0.05, 0.1) is 17.2 Å². The van der Waals surface area contributed by atoms with Crippen molar-refractivity contribution in [2.75, 3.05) is 12.8 Å². The summed E-state index contributed by atoms with van der Waals surface area (Å²) < 4.78 is 76.8. The van der Waals surface area contributed by atoms with Crippen molar-refractivity contribution in [1.82, 2.24) is 15.2 Å². The van der Waals surface area contributed by atoms with Gasteiger partial charge < -0.3 is 10.2 Å². The van der Waals surface area contributed by atoms with Crippen molar-refractivity contribution in [1.29, 1.82) is 0 Å². The molecule has 1 aliphatic carbocycles. The summed E-state index contributed by atoms with van der Waals surface area (Å²) in [7, 11) is -3.55. The Morgan fingerprint density at radius 3 is 2.39 bits per heavy atom. The number of carbonyl (C=O) groups excluding carboxylic acids is 2. The number of pyridine rings is 1. The molecule has 1 aromatic heterocycles. The molecule has 0 radical (unpaired) electrons. The lowest BCUT2D eigenvalue weighted by Gasteiger charge is -2.27. The normalized spacial score (nSPS) is 21.3. The monoisotopic (exact) mass is 527 g/mol. The summed E-state index contributed by atoms with van der Waals surface area (Å²) in [5.74, 6) is -2.21. The Morgan fingerprint density at radius 2 is 1.86 bits per heavy atom. The molecule has 0 unspecified atom stereocenters. The molecule has 2 heterocycles. The number of aromatic nitrogens is 1. The van der Waals surface area contributed by atoms with E-state index in [0.29, 0.717) is 25.3 Å². The minimum absolute atomic E-state index is 0.0184. The van der Waals surface area contributed by atoms with Crippen LogP contribution in [-0.4, -0.2) is 49.0 Å². The third-order valence-corrected chi connectivity index (χ3v) is 7.49. The number of carbonyl (C=O) groups is 2. The lowest BCUT2D eigenvalue weighted by molar-refractivity contribution is -0.137. The zero-order valence-electron chi connectivity index (χ0n) is 19.5. The number of hydrogen-bond donors (Lipinski definition) is 1. The quantitative estimate of drug-likeness (QED) is 0.578. The number of alkyl halides is 3. The number of amides is 2. The highest BCUT2D eigenvalue weighted by Crippen LogP contribution is 2.43. The molecule has 2 fully saturated rings. The lowest BCUT2D eigenvalue weighted by atomic mass is 9.98. The number of nitrogens with one attached hydrogen (secondary N) is 1. The van der Waals surface area contributed by atoms with Crippen molar-refractivity contribution < 1.29 is 35.6 Å². The average molecular weight is 528 g/mol. The molecular weight excluding hydrogens is 502 g/mol. The van der Waals surface area contributed by atoms with Gasteiger partial charge in [0.1, 0.15) is 11.9 Å². The van der Waals surface area contributed by atoms with Crippen LogP contribution in [0.2, 0.25) is 0 Å². The molecule has 4 rings (SSSR count). The maximum Gasteiger partial charge on any atom is 0.416 e. The van der Waals surface area contributed by atoms with E-state index < -0.39 is 51.3 Å². The highest BCUT2D eigenvalue weighted by Gasteiger charge is 2.42. The number of halogens is 4. The van der Waals surface area contributed by atoms with Crippen LogP contribution in [0.25, 0.3) is 0 Å². The first-order valence-electron chi connectivity index (χ1n) is 11.4. The second kappa shape index (κ2) is 9.45. The van der Waals surface area contributed by atoms with Crippen LogP contribution in [0.3, 0.4) is 0 Å². The molecule has 1 aliphatic heterocycles. The van der Waals surface area contributed by atoms with E-state index >= 15 is 0 Å². The Kier molecular flexibility index (Phi) is 6.84. The first-order valence-corrected chi connectivity index (χ1v) is 13.3. The maximum absolute atomic E-state index is 14.7. The van der Waals surface area contributed by atoms with Crippen LogP contribution in [0.1, 0.15) is 53.7 Å². The number of likely N-dealkylation sites (tertiary alicyclic amines) is 1. The van der Waals surface area contributed by atoms with Crippen LogP contribution in [0, 0.1) is 17.7 Å². The Labute approximate surface area is 205 Å². The Hall–Kier alpha value is -3.02. The van der Waals surface area contributed by atoms with Crippen LogP contribution in [0.4, 0.5) is 17.6 Å². The van der Waals surface area contributed by atoms with Gasteiger partial charge in [-0.1, -0.05) is 13.0 Å². The highest BCUT2D eigenvalue weighted by molar-refractivity contribution is 7.90. The van der Waals surface area contributed by atoms with E-state index in [4.69, 9.17) is 0 Å². The molecule has 2 aliphatic rings. The third kappa shape index (κ3) is 5.53. The molecule has 2 aromatic rings. The second-order valence-corrected chi connectivity index (χ2v) is 11.5. The molecule has 194 valence electrons. The Balaban J connectivity index is 1.54. The number of nitrogens with zero attached hydrogens (tertiary/aromatic N) is 2. The van der Waals surface area contributed by atoms with E-state index in [1.165, 1.54) is 17.0 Å². The molecule has 1 N–H and O–H groups in total. The molecule has 0 spiro atoms. The van der Waals surface area contributed by atoms with E-state index in [1.807, 2.05) is 6.92 Å². The van der Waals surface area contributed by atoms with Gasteiger partial charge in [-0.15, -0.1) is 0 Å². The lowest BCUT2D eigenvalue weighted by Crippen LogP contribution is -2.47. The first kappa shape index (κ1) is 26.1. The number of sulfone groups is 1. The predicted molar refractivity (Wildman–Crippen MR) is 121 cm³/mol. The largest absolute Gasteiger partial charge is 0.416 e. The molecular formula is C24H25F4N3O4S. The third-order valence-electron chi connectivity index (χ3n) is 6.49. The number of rotatable bonds is 6. The summed E-state index contributed by atoms with van der Waals surface area (Å²) in [6.07, 6.45) is -0.830. The molecule has 0 bridgehead atoms. The van der Waals surface area contributed by atoms with Gasteiger partial charge in [-0.05, 0) is 55.4 Å². The average Bonchev–Trinajstić information content (AvgIpc) is 3.56. The molecule has 12 heteroatoms. The SMILES string of the molecule is C[C@@H]1C[C@H](C(=O)N[C@@H](c2ccc(C(F)(F)F)cc2F)C2CC2)N(C(=O)c2ccc(S(C)(=O)=O)nc2)C1. The fourth-order valence-electron chi connectivity index (χ4n) is 4.50. The molecule has 7 nitrogen and oxygen atoms in total. The van der Waals surface area contributed by atoms with Crippen molar-refractivity contribution in [3.63, 3.8) is 0 Å². The van der Waals surface area contributed by atoms with E-state index in [1.54, 1.807) is 0 Å². The number of benzene rings is 1. The Morgan fingerprint density at radius 1 is 1.17 bits per heavy atom. The zero-order valence-corrected chi connectivity index (χ0v) is 20.4. The van der Waals surface area contributed by atoms with Crippen molar-refractivity contribution in [2.45, 2.75) is 49.5 Å². The van der Waals surface area contributed by atoms with Crippen LogP contribution in [-0.2, 0) is 20.8 Å². The van der Waals surface area contributed by atoms with E-state index in [-0.39, 0.29) is 34.5 Å². The van der Waals surface area contributed by atoms with Gasteiger partial charge in [0, 0.05) is 24.6 Å². The molecule has 2 amide bonds. The summed E-state index contributed by atoms with van der Waals surface area (Å²) >= 11 is 0. The Bertz CT molecular complexity index is 1280. The minimum Gasteiger partial charge on any atom is -0.347 e. The second-order valence-electron chi connectivity index (χ2n) is 9.53. The summed E-state index contributed by atoms with van der Waals surface area (Å²) in [6, 6.07) is 3.13. The zero-order chi connectivity index (χ0) is 26.4. The topological polar surface area (TPSA) is 96.4 Å². The standard InChI is InChI=1S/C24H25F4N3O4S/c1-13-9-19(31(12-13)23(33)15-5-8-20(29-11-15)36(2,34)35)22(32)30-21(14-3-4-14)17-7-6-16(10-18(17)25)24(26,27)28/h5-8,10-11,13-14,19,21H,3-4,9,12H2,1-2H3,(H,30,32)/t13-,19-,21-/m1/s1. The number of hydrogen-bond acceptors (Lipinski definition) is 5. The van der Waals surface area contributed by atoms with Crippen molar-refractivity contribution in [2.24, 2.45) is 11.8 Å². The van der Waals surface area contributed by atoms with E-state index in [9.17, 15) is 35.6 Å². The maximum atomic E-state index is 14.7. The van der Waals surface area contributed by atoms with Crippen LogP contribution >= 0.6 is 0 Å². The smallest absolute Gasteiger partial charge is 0.347 e. The van der Waals surface area contributed by atoms with Crippen LogP contribution in [0.5, 0.6) is 0 Å². The fourth-order valence-corrected chi connectivity index (χ4v) is 5.05. The van der Waals surface area contributed by atoms with Gasteiger partial charge in [-0.3, -0.25) is 9.59 Å². The molecule has 1 aromatic carbocycles. The fraction of sp³-hybridized carbons (Fsp3) is 0.458. The van der Waals surface area contributed by atoms with Crippen molar-refractivity contribution in [3.05, 3.63) is 59.0 Å². The summed E-state index contributed by atoms with van der Waals surface area (Å²) in [4.78, 5) is 31.6. The van der Waals surface area contributed by atoms with Gasteiger partial charge in [0.2, 0.25) is 5.91 Å². The molecule has 1 saturated heterocycles. The first-order chi connectivity index (χ1) is 16.8. The van der Waals surface area contributed by atoms with E-state index in [2.05, 4.69) is 10.3 Å². The van der Waals surface area contributed by atoms with Crippen molar-refractivity contribution >= 4 is 21.7 Å². The molecule has 3 atom stereocenters. The molecule has 36 heavy (non-hydrogen) atoms. The van der Waals surface area contributed by atoms with Gasteiger partial charge in [-0.2, -0.15) is 13.2 Å². The molecule has 1 saturated carbocycles. The van der Waals surface area contributed by atoms with Gasteiger partial charge in [-0.25, -0.2) is 17.8 Å².